The number of hydrogen-bond acceptors (Lipinski definition) is 2. The molecule has 1 fully saturated rings. The number of rotatable bonds is 6. The van der Waals surface area contributed by atoms with E-state index >= 15 is 0 Å². The zero-order valence-corrected chi connectivity index (χ0v) is 17.0. The van der Waals surface area contributed by atoms with E-state index in [-0.39, 0.29) is 36.4 Å². The number of likely N-dealkylation sites (N-methyl/N-ethyl adjacent to an activating group) is 1. The third kappa shape index (κ3) is 6.67. The Bertz CT molecular complexity index is 521. The molecule has 1 aromatic carbocycles. The van der Waals surface area contributed by atoms with Gasteiger partial charge in [0.2, 0.25) is 5.91 Å². The molecule has 0 aromatic heterocycles. The number of nitrogens with one attached hydrogen (secondary N) is 2. The van der Waals surface area contributed by atoms with E-state index in [2.05, 4.69) is 57.8 Å². The fourth-order valence-electron chi connectivity index (χ4n) is 2.96. The van der Waals surface area contributed by atoms with Gasteiger partial charge in [-0.25, -0.2) is 4.99 Å². The molecule has 1 amide bonds. The highest BCUT2D eigenvalue weighted by Gasteiger charge is 2.25. The predicted molar refractivity (Wildman–Crippen MR) is 110 cm³/mol. The lowest BCUT2D eigenvalue weighted by molar-refractivity contribution is -0.119. The first-order valence-electron chi connectivity index (χ1n) is 8.56. The number of amides is 1. The zero-order valence-electron chi connectivity index (χ0n) is 14.6. The molecule has 24 heavy (non-hydrogen) atoms. The van der Waals surface area contributed by atoms with Crippen LogP contribution >= 0.6 is 24.0 Å². The van der Waals surface area contributed by atoms with Crippen LogP contribution in [-0.4, -0.2) is 49.5 Å². The number of likely N-dealkylation sites (tertiary alicyclic amines) is 1. The first-order valence-corrected chi connectivity index (χ1v) is 8.56. The number of benzene rings is 1. The molecule has 0 aliphatic carbocycles. The van der Waals surface area contributed by atoms with Gasteiger partial charge in [0, 0.05) is 26.2 Å². The van der Waals surface area contributed by atoms with Crippen molar-refractivity contribution in [2.24, 2.45) is 10.9 Å². The summed E-state index contributed by atoms with van der Waals surface area (Å²) < 4.78 is 0. The number of hydrogen-bond donors (Lipinski definition) is 2. The molecule has 1 atom stereocenters. The molecule has 2 N–H and O–H groups in total. The van der Waals surface area contributed by atoms with Gasteiger partial charge in [0.25, 0.3) is 0 Å². The van der Waals surface area contributed by atoms with Gasteiger partial charge in [-0.3, -0.25) is 4.79 Å². The van der Waals surface area contributed by atoms with Gasteiger partial charge in [0.15, 0.2) is 5.96 Å². The monoisotopic (exact) mass is 444 g/mol. The first-order chi connectivity index (χ1) is 11.2. The minimum absolute atomic E-state index is 0. The molecule has 1 heterocycles. The summed E-state index contributed by atoms with van der Waals surface area (Å²) in [5.41, 5.74) is 1.39. The highest BCUT2D eigenvalue weighted by Crippen LogP contribution is 2.20. The van der Waals surface area contributed by atoms with Crippen LogP contribution in [-0.2, 0) is 11.2 Å². The summed E-state index contributed by atoms with van der Waals surface area (Å²) in [5, 5.41) is 6.09. The summed E-state index contributed by atoms with van der Waals surface area (Å²) in [6.07, 6.45) is 2.27. The quantitative estimate of drug-likeness (QED) is 0.402. The van der Waals surface area contributed by atoms with E-state index in [1.807, 2.05) is 6.92 Å². The Morgan fingerprint density at radius 1 is 1.21 bits per heavy atom. The number of carbonyl (C=O) groups is 1. The van der Waals surface area contributed by atoms with Gasteiger partial charge in [-0.05, 0) is 38.2 Å². The molecular weight excluding hydrogens is 415 g/mol. The molecule has 1 aliphatic rings. The van der Waals surface area contributed by atoms with Gasteiger partial charge in [-0.1, -0.05) is 30.3 Å². The maximum Gasteiger partial charge on any atom is 0.241 e. The maximum absolute atomic E-state index is 11.6. The van der Waals surface area contributed by atoms with Crippen LogP contribution in [0.3, 0.4) is 0 Å². The van der Waals surface area contributed by atoms with Gasteiger partial charge in [0.1, 0.15) is 6.54 Å². The highest BCUT2D eigenvalue weighted by molar-refractivity contribution is 14.0. The van der Waals surface area contributed by atoms with Gasteiger partial charge in [-0.15, -0.1) is 24.0 Å². The Balaban J connectivity index is 0.00000288. The van der Waals surface area contributed by atoms with E-state index in [0.29, 0.717) is 12.5 Å². The average Bonchev–Trinajstić information content (AvgIpc) is 3.01. The minimum Gasteiger partial charge on any atom is -0.357 e. The van der Waals surface area contributed by atoms with Crippen LogP contribution in [0.4, 0.5) is 0 Å². The zero-order chi connectivity index (χ0) is 16.5. The number of halogens is 1. The third-order valence-electron chi connectivity index (χ3n) is 4.03. The summed E-state index contributed by atoms with van der Waals surface area (Å²) in [7, 11) is 0. The Morgan fingerprint density at radius 2 is 1.92 bits per heavy atom. The topological polar surface area (TPSA) is 56.7 Å². The molecule has 0 radical (unpaired) electrons. The molecular formula is C18H29IN4O. The van der Waals surface area contributed by atoms with E-state index in [1.165, 1.54) is 12.0 Å². The lowest BCUT2D eigenvalue weighted by Crippen LogP contribution is -2.41. The van der Waals surface area contributed by atoms with Crippen molar-refractivity contribution in [1.29, 1.82) is 0 Å². The fraction of sp³-hybridized carbons (Fsp3) is 0.556. The molecule has 0 bridgehead atoms. The molecule has 1 aliphatic heterocycles. The molecule has 0 spiro atoms. The van der Waals surface area contributed by atoms with Crippen LogP contribution in [0.2, 0.25) is 0 Å². The molecule has 1 saturated heterocycles. The van der Waals surface area contributed by atoms with Gasteiger partial charge < -0.3 is 15.5 Å². The average molecular weight is 444 g/mol. The van der Waals surface area contributed by atoms with E-state index in [1.54, 1.807) is 0 Å². The standard InChI is InChI=1S/C18H28N4O.HI/c1-3-19-17(23)13-21-18(20-4-2)22-11-10-16(14-22)12-15-8-6-5-7-9-15;/h5-9,16H,3-4,10-14H2,1-2H3,(H,19,23)(H,20,21);1H. The van der Waals surface area contributed by atoms with E-state index in [4.69, 9.17) is 0 Å². The number of carbonyl (C=O) groups excluding carboxylic acids is 1. The van der Waals surface area contributed by atoms with Crippen molar-refractivity contribution in [2.45, 2.75) is 26.7 Å². The lowest BCUT2D eigenvalue weighted by Gasteiger charge is -2.21. The largest absolute Gasteiger partial charge is 0.357 e. The van der Waals surface area contributed by atoms with Crippen molar-refractivity contribution in [2.75, 3.05) is 32.7 Å². The smallest absolute Gasteiger partial charge is 0.241 e. The van der Waals surface area contributed by atoms with Gasteiger partial charge in [-0.2, -0.15) is 0 Å². The Kier molecular flexibility index (Phi) is 9.75. The summed E-state index contributed by atoms with van der Waals surface area (Å²) in [4.78, 5) is 18.4. The van der Waals surface area contributed by atoms with Crippen molar-refractivity contribution in [1.82, 2.24) is 15.5 Å². The molecule has 6 heteroatoms. The minimum atomic E-state index is -0.0251. The van der Waals surface area contributed by atoms with Crippen LogP contribution < -0.4 is 10.6 Å². The fourth-order valence-corrected chi connectivity index (χ4v) is 2.96. The van der Waals surface area contributed by atoms with Crippen LogP contribution in [0.1, 0.15) is 25.8 Å². The summed E-state index contributed by atoms with van der Waals surface area (Å²) in [6, 6.07) is 10.6. The second-order valence-electron chi connectivity index (χ2n) is 5.91. The number of nitrogens with zero attached hydrogens (tertiary/aromatic N) is 2. The molecule has 134 valence electrons. The molecule has 1 unspecified atom stereocenters. The maximum atomic E-state index is 11.6. The predicted octanol–water partition coefficient (Wildman–Crippen LogP) is 2.27. The molecule has 0 saturated carbocycles. The second kappa shape index (κ2) is 11.3. The molecule has 1 aromatic rings. The Hall–Kier alpha value is -1.31. The molecule has 5 nitrogen and oxygen atoms in total. The van der Waals surface area contributed by atoms with Crippen LogP contribution in [0.25, 0.3) is 0 Å². The molecule has 2 rings (SSSR count). The normalized spacial score (nSPS) is 17.3. The van der Waals surface area contributed by atoms with Gasteiger partial charge >= 0.3 is 0 Å². The van der Waals surface area contributed by atoms with Gasteiger partial charge in [0.05, 0.1) is 0 Å². The van der Waals surface area contributed by atoms with Crippen molar-refractivity contribution < 1.29 is 4.79 Å². The Labute approximate surface area is 162 Å². The van der Waals surface area contributed by atoms with Crippen molar-refractivity contribution in [3.63, 3.8) is 0 Å². The Morgan fingerprint density at radius 3 is 2.58 bits per heavy atom. The van der Waals surface area contributed by atoms with Crippen LogP contribution in [0.5, 0.6) is 0 Å². The van der Waals surface area contributed by atoms with Crippen molar-refractivity contribution in [3.05, 3.63) is 35.9 Å². The summed E-state index contributed by atoms with van der Waals surface area (Å²) in [6.45, 7) is 7.62. The summed E-state index contributed by atoms with van der Waals surface area (Å²) in [5.74, 6) is 1.47. The number of guanidine groups is 1. The third-order valence-corrected chi connectivity index (χ3v) is 4.03. The summed E-state index contributed by atoms with van der Waals surface area (Å²) >= 11 is 0. The number of aliphatic imine (C=N–C) groups is 1. The second-order valence-corrected chi connectivity index (χ2v) is 5.91. The van der Waals surface area contributed by atoms with Crippen LogP contribution in [0.15, 0.2) is 35.3 Å². The highest BCUT2D eigenvalue weighted by atomic mass is 127. The van der Waals surface area contributed by atoms with Crippen molar-refractivity contribution >= 4 is 35.8 Å². The van der Waals surface area contributed by atoms with E-state index < -0.39 is 0 Å². The van der Waals surface area contributed by atoms with Crippen LogP contribution in [0, 0.1) is 5.92 Å². The van der Waals surface area contributed by atoms with E-state index in [9.17, 15) is 4.79 Å². The first kappa shape index (κ1) is 20.7. The van der Waals surface area contributed by atoms with Crippen molar-refractivity contribution in [3.8, 4) is 0 Å². The lowest BCUT2D eigenvalue weighted by atomic mass is 9.99. The van der Waals surface area contributed by atoms with E-state index in [0.717, 1.165) is 32.0 Å². The SMILES string of the molecule is CCNC(=O)CN=C(NCC)N1CCC(Cc2ccccc2)C1.I.